The topological polar surface area (TPSA) is 62.6 Å². The highest BCUT2D eigenvalue weighted by molar-refractivity contribution is 6.31. The maximum Gasteiger partial charge on any atom is 0.255 e. The van der Waals surface area contributed by atoms with Crippen molar-refractivity contribution in [2.24, 2.45) is 0 Å². The molecule has 0 spiro atoms. The fourth-order valence-electron chi connectivity index (χ4n) is 3.88. The smallest absolute Gasteiger partial charge is 0.255 e. The number of amides is 1. The van der Waals surface area contributed by atoms with Crippen LogP contribution in [0.25, 0.3) is 5.69 Å². The summed E-state index contributed by atoms with van der Waals surface area (Å²) in [6, 6.07) is 11.4. The molecule has 0 radical (unpaired) electrons. The van der Waals surface area contributed by atoms with Gasteiger partial charge in [-0.1, -0.05) is 11.6 Å². The van der Waals surface area contributed by atoms with Crippen molar-refractivity contribution < 1.29 is 13.9 Å². The van der Waals surface area contributed by atoms with Crippen molar-refractivity contribution in [3.63, 3.8) is 0 Å². The number of nitrogens with zero attached hydrogens (tertiary/aromatic N) is 4. The van der Waals surface area contributed by atoms with Crippen molar-refractivity contribution in [3.8, 4) is 11.4 Å². The fraction of sp³-hybridized carbons (Fsp3) is 0.360. The Kier molecular flexibility index (Phi) is 7.50. The molecule has 0 atom stereocenters. The number of hydrogen-bond donors (Lipinski definition) is 1. The van der Waals surface area contributed by atoms with Crippen LogP contribution in [0.15, 0.2) is 42.5 Å². The van der Waals surface area contributed by atoms with Crippen LogP contribution in [0.3, 0.4) is 0 Å². The molecule has 0 saturated carbocycles. The zero-order valence-electron chi connectivity index (χ0n) is 19.6. The van der Waals surface area contributed by atoms with E-state index in [2.05, 4.69) is 27.3 Å². The zero-order chi connectivity index (χ0) is 24.2. The van der Waals surface area contributed by atoms with Gasteiger partial charge in [0.15, 0.2) is 5.82 Å². The van der Waals surface area contributed by atoms with E-state index in [0.29, 0.717) is 40.0 Å². The zero-order valence-corrected chi connectivity index (χ0v) is 20.4. The fourth-order valence-corrected chi connectivity index (χ4v) is 4.00. The lowest BCUT2D eigenvalue weighted by Crippen LogP contribution is -2.45. The monoisotopic (exact) mass is 485 g/mol. The van der Waals surface area contributed by atoms with Gasteiger partial charge in [0, 0.05) is 44.0 Å². The van der Waals surface area contributed by atoms with Gasteiger partial charge in [0.05, 0.1) is 16.4 Å². The van der Waals surface area contributed by atoms with Gasteiger partial charge in [0.25, 0.3) is 5.91 Å². The molecule has 0 bridgehead atoms. The lowest BCUT2D eigenvalue weighted by molar-refractivity contribution is 0.102. The summed E-state index contributed by atoms with van der Waals surface area (Å²) in [5, 5.41) is 7.51. The maximum atomic E-state index is 14.8. The number of ether oxygens (including phenoxy) is 1. The lowest BCUT2D eigenvalue weighted by atomic mass is 10.2. The number of carbonyl (C=O) groups excluding carboxylic acids is 1. The second-order valence-corrected chi connectivity index (χ2v) is 8.91. The Bertz CT molecular complexity index is 1160. The van der Waals surface area contributed by atoms with Gasteiger partial charge in [-0.25, -0.2) is 9.07 Å². The van der Waals surface area contributed by atoms with E-state index in [0.717, 1.165) is 32.7 Å². The summed E-state index contributed by atoms with van der Waals surface area (Å²) >= 11 is 6.17. The molecule has 1 amide bonds. The molecule has 0 aliphatic carbocycles. The molecule has 1 aliphatic heterocycles. The first kappa shape index (κ1) is 24.2. The van der Waals surface area contributed by atoms with Crippen LogP contribution in [-0.4, -0.2) is 71.9 Å². The standard InChI is InChI=1S/C25H29ClFN5O2/c1-17-24(26)18(2)32(29-17)23-9-6-20(16-22(23)27)28-25(33)19-4-7-21(8-5-19)34-15-14-31-12-10-30(3)11-13-31/h4-9,16H,10-15H2,1-3H3,(H,28,33). The van der Waals surface area contributed by atoms with Gasteiger partial charge in [0.1, 0.15) is 18.0 Å². The summed E-state index contributed by atoms with van der Waals surface area (Å²) < 4.78 is 22.0. The van der Waals surface area contributed by atoms with Crippen LogP contribution < -0.4 is 10.1 Å². The van der Waals surface area contributed by atoms with Crippen molar-refractivity contribution >= 4 is 23.2 Å². The summed E-state index contributed by atoms with van der Waals surface area (Å²) in [7, 11) is 2.14. The number of carbonyl (C=O) groups is 1. The van der Waals surface area contributed by atoms with Crippen molar-refractivity contribution in [1.29, 1.82) is 0 Å². The summed E-state index contributed by atoms with van der Waals surface area (Å²) in [5.74, 6) is -0.126. The first-order valence-electron chi connectivity index (χ1n) is 11.3. The van der Waals surface area contributed by atoms with Crippen LogP contribution in [0.5, 0.6) is 5.75 Å². The quantitative estimate of drug-likeness (QED) is 0.544. The Balaban J connectivity index is 1.32. The van der Waals surface area contributed by atoms with Crippen molar-refractivity contribution in [1.82, 2.24) is 19.6 Å². The van der Waals surface area contributed by atoms with Crippen LogP contribution >= 0.6 is 11.6 Å². The predicted molar refractivity (Wildman–Crippen MR) is 132 cm³/mol. The van der Waals surface area contributed by atoms with Crippen molar-refractivity contribution in [3.05, 3.63) is 70.3 Å². The van der Waals surface area contributed by atoms with Crippen LogP contribution in [0.2, 0.25) is 5.02 Å². The minimum Gasteiger partial charge on any atom is -0.492 e. The average molecular weight is 486 g/mol. The highest BCUT2D eigenvalue weighted by atomic mass is 35.5. The molecule has 34 heavy (non-hydrogen) atoms. The molecule has 1 saturated heterocycles. The third-order valence-corrected chi connectivity index (χ3v) is 6.57. The first-order chi connectivity index (χ1) is 16.3. The van der Waals surface area contributed by atoms with E-state index in [1.807, 2.05) is 0 Å². The molecule has 9 heteroatoms. The molecule has 1 aliphatic rings. The molecule has 4 rings (SSSR count). The van der Waals surface area contributed by atoms with Gasteiger partial charge in [-0.05, 0) is 63.4 Å². The number of benzene rings is 2. The summed E-state index contributed by atoms with van der Waals surface area (Å²) in [4.78, 5) is 17.3. The number of nitrogens with one attached hydrogen (secondary N) is 1. The van der Waals surface area contributed by atoms with E-state index < -0.39 is 5.82 Å². The first-order valence-corrected chi connectivity index (χ1v) is 11.7. The molecule has 2 aromatic carbocycles. The SMILES string of the molecule is Cc1nn(-c2ccc(NC(=O)c3ccc(OCCN4CCN(C)CC4)cc3)cc2F)c(C)c1Cl. The molecule has 2 heterocycles. The summed E-state index contributed by atoms with van der Waals surface area (Å²) in [6.45, 7) is 9.27. The second kappa shape index (κ2) is 10.5. The largest absolute Gasteiger partial charge is 0.492 e. The number of hydrogen-bond acceptors (Lipinski definition) is 5. The van der Waals surface area contributed by atoms with Gasteiger partial charge in [-0.2, -0.15) is 5.10 Å². The van der Waals surface area contributed by atoms with Crippen molar-refractivity contribution in [2.45, 2.75) is 13.8 Å². The molecule has 1 fully saturated rings. The minimum atomic E-state index is -0.510. The number of aryl methyl sites for hydroxylation is 1. The third kappa shape index (κ3) is 5.58. The van der Waals surface area contributed by atoms with Gasteiger partial charge in [0.2, 0.25) is 0 Å². The predicted octanol–water partition coefficient (Wildman–Crippen LogP) is 4.16. The highest BCUT2D eigenvalue weighted by Crippen LogP contribution is 2.25. The minimum absolute atomic E-state index is 0.267. The number of aromatic nitrogens is 2. The lowest BCUT2D eigenvalue weighted by Gasteiger charge is -2.32. The Morgan fingerprint density at radius 2 is 1.82 bits per heavy atom. The molecular weight excluding hydrogens is 457 g/mol. The second-order valence-electron chi connectivity index (χ2n) is 8.53. The normalized spacial score (nSPS) is 14.9. The van der Waals surface area contributed by atoms with E-state index in [9.17, 15) is 9.18 Å². The van der Waals surface area contributed by atoms with Gasteiger partial charge < -0.3 is 15.0 Å². The van der Waals surface area contributed by atoms with E-state index in [4.69, 9.17) is 16.3 Å². The van der Waals surface area contributed by atoms with Gasteiger partial charge in [-0.3, -0.25) is 9.69 Å². The molecular formula is C25H29ClFN5O2. The summed E-state index contributed by atoms with van der Waals surface area (Å²) in [6.07, 6.45) is 0. The highest BCUT2D eigenvalue weighted by Gasteiger charge is 2.16. The van der Waals surface area contributed by atoms with Crippen LogP contribution in [0.4, 0.5) is 10.1 Å². The number of piperazine rings is 1. The Hall–Kier alpha value is -2.94. The molecule has 1 aromatic heterocycles. The van der Waals surface area contributed by atoms with Crippen LogP contribution in [0, 0.1) is 19.7 Å². The Morgan fingerprint density at radius 1 is 1.12 bits per heavy atom. The van der Waals surface area contributed by atoms with E-state index in [1.165, 1.54) is 10.7 Å². The molecule has 3 aromatic rings. The number of anilines is 1. The van der Waals surface area contributed by atoms with Crippen LogP contribution in [0.1, 0.15) is 21.7 Å². The molecule has 0 unspecified atom stereocenters. The van der Waals surface area contributed by atoms with E-state index in [-0.39, 0.29) is 11.6 Å². The van der Waals surface area contributed by atoms with E-state index in [1.54, 1.807) is 50.2 Å². The number of likely N-dealkylation sites (N-methyl/N-ethyl adjacent to an activating group) is 1. The number of rotatable bonds is 7. The molecule has 180 valence electrons. The van der Waals surface area contributed by atoms with E-state index >= 15 is 0 Å². The third-order valence-electron chi connectivity index (χ3n) is 6.03. The molecule has 1 N–H and O–H groups in total. The summed E-state index contributed by atoms with van der Waals surface area (Å²) in [5.41, 5.74) is 2.36. The van der Waals surface area contributed by atoms with Crippen LogP contribution in [-0.2, 0) is 0 Å². The number of halogens is 2. The molecule has 7 nitrogen and oxygen atoms in total. The Labute approximate surface area is 204 Å². The van der Waals surface area contributed by atoms with Gasteiger partial charge >= 0.3 is 0 Å². The Morgan fingerprint density at radius 3 is 2.44 bits per heavy atom. The van der Waals surface area contributed by atoms with Crippen molar-refractivity contribution in [2.75, 3.05) is 51.7 Å². The van der Waals surface area contributed by atoms with Gasteiger partial charge in [-0.15, -0.1) is 0 Å². The maximum absolute atomic E-state index is 14.8. The average Bonchev–Trinajstić information content (AvgIpc) is 3.08.